The molecule has 3 heterocycles. The Bertz CT molecular complexity index is 1020. The summed E-state index contributed by atoms with van der Waals surface area (Å²) in [6.07, 6.45) is 1.78. The van der Waals surface area contributed by atoms with Gasteiger partial charge in [-0.15, -0.1) is 0 Å². The molecule has 3 aromatic rings. The van der Waals surface area contributed by atoms with E-state index in [1.165, 1.54) is 11.3 Å². The molecule has 29 heavy (non-hydrogen) atoms. The number of aryl methyl sites for hydroxylation is 2. The smallest absolute Gasteiger partial charge is 0.140 e. The molecule has 0 radical (unpaired) electrons. The lowest BCUT2D eigenvalue weighted by molar-refractivity contribution is 0.0735. The fourth-order valence-corrected chi connectivity index (χ4v) is 4.13. The molecule has 0 fully saturated rings. The summed E-state index contributed by atoms with van der Waals surface area (Å²) in [5.41, 5.74) is 7.45. The minimum absolute atomic E-state index is 0.138. The molecule has 6 heteroatoms. The number of hydrogen-bond donors (Lipinski definition) is 0. The number of hydrogen-bond acceptors (Lipinski definition) is 4. The molecule has 0 amide bonds. The normalized spacial score (nSPS) is 16.4. The van der Waals surface area contributed by atoms with E-state index in [2.05, 4.69) is 24.0 Å². The van der Waals surface area contributed by atoms with Crippen molar-refractivity contribution in [3.63, 3.8) is 0 Å². The zero-order valence-electron chi connectivity index (χ0n) is 17.3. The summed E-state index contributed by atoms with van der Waals surface area (Å²) in [7, 11) is 0. The molecule has 152 valence electrons. The van der Waals surface area contributed by atoms with Crippen LogP contribution in [-0.2, 0) is 17.6 Å². The Hall–Kier alpha value is -2.37. The number of rotatable bonds is 4. The van der Waals surface area contributed by atoms with E-state index in [4.69, 9.17) is 26.2 Å². The van der Waals surface area contributed by atoms with Crippen LogP contribution in [0.15, 0.2) is 30.3 Å². The fraction of sp³-hybridized carbons (Fsp3) is 0.391. The first-order valence-corrected chi connectivity index (χ1v) is 10.4. The van der Waals surface area contributed by atoms with Crippen molar-refractivity contribution < 1.29 is 9.47 Å². The number of benzene rings is 1. The Morgan fingerprint density at radius 3 is 2.69 bits per heavy atom. The highest BCUT2D eigenvalue weighted by Gasteiger charge is 2.25. The number of pyridine rings is 1. The molecule has 4 rings (SSSR count). The molecule has 1 aromatic carbocycles. The third-order valence-corrected chi connectivity index (χ3v) is 5.45. The lowest BCUT2D eigenvalue weighted by atomic mass is 10.0. The van der Waals surface area contributed by atoms with Crippen molar-refractivity contribution >= 4 is 11.6 Å². The highest BCUT2D eigenvalue weighted by Crippen LogP contribution is 2.34. The summed E-state index contributed by atoms with van der Waals surface area (Å²) in [6.45, 7) is 9.36. The lowest BCUT2D eigenvalue weighted by Crippen LogP contribution is -2.13. The second-order valence-corrected chi connectivity index (χ2v) is 7.91. The first kappa shape index (κ1) is 19.9. The number of nitrogens with zero attached hydrogens (tertiary/aromatic N) is 3. The first-order chi connectivity index (χ1) is 14.0. The van der Waals surface area contributed by atoms with Gasteiger partial charge in [0.2, 0.25) is 0 Å². The van der Waals surface area contributed by atoms with Crippen LogP contribution in [0, 0.1) is 13.8 Å². The van der Waals surface area contributed by atoms with Crippen LogP contribution in [0.2, 0.25) is 5.02 Å². The van der Waals surface area contributed by atoms with Gasteiger partial charge in [0.1, 0.15) is 5.75 Å². The Balaban J connectivity index is 1.91. The predicted molar refractivity (Wildman–Crippen MR) is 115 cm³/mol. The molecule has 5 nitrogen and oxygen atoms in total. The topological polar surface area (TPSA) is 49.2 Å². The maximum absolute atomic E-state index is 6.31. The van der Waals surface area contributed by atoms with Crippen molar-refractivity contribution in [1.82, 2.24) is 14.8 Å². The molecule has 1 aliphatic heterocycles. The molecule has 0 saturated carbocycles. The summed E-state index contributed by atoms with van der Waals surface area (Å²) in [6, 6.07) is 10.0. The average molecular weight is 412 g/mol. The van der Waals surface area contributed by atoms with E-state index >= 15 is 0 Å². The van der Waals surface area contributed by atoms with Gasteiger partial charge in [0.15, 0.2) is 0 Å². The standard InChI is InChI=1S/C23H26ClN3O2/c1-5-28-22-13-18(6-7-20(22)24)27-21-12-16(4)29-9-8-19(21)23(26-27)17-10-14(2)25-15(3)11-17/h6-7,10-11,13,16H,5,8-9,12H2,1-4H3/t16-/m1/s1. The van der Waals surface area contributed by atoms with E-state index in [0.717, 1.165) is 41.2 Å². The Morgan fingerprint density at radius 2 is 1.97 bits per heavy atom. The third-order valence-electron chi connectivity index (χ3n) is 5.14. The second kappa shape index (κ2) is 8.17. The van der Waals surface area contributed by atoms with Crippen LogP contribution in [0.5, 0.6) is 5.75 Å². The average Bonchev–Trinajstić information content (AvgIpc) is 2.90. The summed E-state index contributed by atoms with van der Waals surface area (Å²) in [4.78, 5) is 4.52. The van der Waals surface area contributed by atoms with Gasteiger partial charge in [0, 0.05) is 35.0 Å². The number of fused-ring (bicyclic) bond motifs is 1. The largest absolute Gasteiger partial charge is 0.492 e. The van der Waals surface area contributed by atoms with Gasteiger partial charge in [-0.05, 0) is 58.4 Å². The molecular weight excluding hydrogens is 386 g/mol. The zero-order valence-corrected chi connectivity index (χ0v) is 18.1. The Kier molecular flexibility index (Phi) is 5.61. The summed E-state index contributed by atoms with van der Waals surface area (Å²) in [5, 5.41) is 5.66. The Morgan fingerprint density at radius 1 is 1.21 bits per heavy atom. The van der Waals surface area contributed by atoms with Crippen molar-refractivity contribution in [2.75, 3.05) is 13.2 Å². The molecule has 0 bridgehead atoms. The molecular formula is C23H26ClN3O2. The molecule has 0 N–H and O–H groups in total. The van der Waals surface area contributed by atoms with Gasteiger partial charge in [0.05, 0.1) is 41.4 Å². The van der Waals surface area contributed by atoms with E-state index in [0.29, 0.717) is 24.0 Å². The van der Waals surface area contributed by atoms with E-state index < -0.39 is 0 Å². The molecule has 2 aromatic heterocycles. The first-order valence-electron chi connectivity index (χ1n) is 10.1. The molecule has 0 unspecified atom stereocenters. The monoisotopic (exact) mass is 411 g/mol. The molecule has 1 aliphatic rings. The SMILES string of the molecule is CCOc1cc(-n2nc(-c3cc(C)nc(C)c3)c3c2C[C@@H](C)OCC3)ccc1Cl. The van der Waals surface area contributed by atoms with Gasteiger partial charge >= 0.3 is 0 Å². The van der Waals surface area contributed by atoms with Crippen LogP contribution in [-0.4, -0.2) is 34.1 Å². The van der Waals surface area contributed by atoms with Crippen molar-refractivity contribution in [2.45, 2.75) is 46.6 Å². The van der Waals surface area contributed by atoms with Crippen LogP contribution < -0.4 is 4.74 Å². The van der Waals surface area contributed by atoms with Crippen LogP contribution in [0.1, 0.15) is 36.5 Å². The van der Waals surface area contributed by atoms with Crippen LogP contribution in [0.4, 0.5) is 0 Å². The lowest BCUT2D eigenvalue weighted by Gasteiger charge is -2.13. The second-order valence-electron chi connectivity index (χ2n) is 7.51. The molecule has 1 atom stereocenters. The van der Waals surface area contributed by atoms with Crippen LogP contribution in [0.25, 0.3) is 16.9 Å². The minimum Gasteiger partial charge on any atom is -0.492 e. The summed E-state index contributed by atoms with van der Waals surface area (Å²) in [5.74, 6) is 0.672. The maximum Gasteiger partial charge on any atom is 0.140 e. The van der Waals surface area contributed by atoms with Gasteiger partial charge in [-0.1, -0.05) is 11.6 Å². The van der Waals surface area contributed by atoms with Gasteiger partial charge in [-0.2, -0.15) is 5.10 Å². The predicted octanol–water partition coefficient (Wildman–Crippen LogP) is 5.11. The summed E-state index contributed by atoms with van der Waals surface area (Å²) < 4.78 is 13.7. The number of ether oxygens (including phenoxy) is 2. The van der Waals surface area contributed by atoms with Crippen molar-refractivity contribution in [1.29, 1.82) is 0 Å². The van der Waals surface area contributed by atoms with E-state index in [9.17, 15) is 0 Å². The van der Waals surface area contributed by atoms with Crippen LogP contribution >= 0.6 is 11.6 Å². The zero-order chi connectivity index (χ0) is 20.5. The van der Waals surface area contributed by atoms with Gasteiger partial charge in [-0.25, -0.2) is 4.68 Å². The molecule has 0 spiro atoms. The number of halogens is 1. The van der Waals surface area contributed by atoms with Gasteiger partial charge in [0.25, 0.3) is 0 Å². The van der Waals surface area contributed by atoms with Crippen LogP contribution in [0.3, 0.4) is 0 Å². The maximum atomic E-state index is 6.31. The van der Waals surface area contributed by atoms with Gasteiger partial charge < -0.3 is 9.47 Å². The molecule has 0 aliphatic carbocycles. The summed E-state index contributed by atoms with van der Waals surface area (Å²) >= 11 is 6.31. The Labute approximate surface area is 176 Å². The van der Waals surface area contributed by atoms with E-state index in [1.54, 1.807) is 0 Å². The third kappa shape index (κ3) is 4.02. The highest BCUT2D eigenvalue weighted by molar-refractivity contribution is 6.32. The van der Waals surface area contributed by atoms with E-state index in [-0.39, 0.29) is 6.10 Å². The van der Waals surface area contributed by atoms with Crippen molar-refractivity contribution in [3.05, 3.63) is 58.0 Å². The minimum atomic E-state index is 0.138. The van der Waals surface area contributed by atoms with E-state index in [1.807, 2.05) is 43.7 Å². The quantitative estimate of drug-likeness (QED) is 0.598. The van der Waals surface area contributed by atoms with Crippen molar-refractivity contribution in [2.24, 2.45) is 0 Å². The fourth-order valence-electron chi connectivity index (χ4n) is 3.96. The van der Waals surface area contributed by atoms with Crippen molar-refractivity contribution in [3.8, 4) is 22.7 Å². The van der Waals surface area contributed by atoms with Gasteiger partial charge in [-0.3, -0.25) is 4.98 Å². The molecule has 0 saturated heterocycles. The number of aromatic nitrogens is 3. The highest BCUT2D eigenvalue weighted by atomic mass is 35.5.